The number of aliphatic hydroxyl groups is 1. The van der Waals surface area contributed by atoms with Crippen LogP contribution in [-0.2, 0) is 15.2 Å². The number of nitrogens with one attached hydrogen (secondary N) is 1. The zero-order valence-electron chi connectivity index (χ0n) is 14.0. The summed E-state index contributed by atoms with van der Waals surface area (Å²) >= 11 is 0. The molecule has 0 atom stereocenters. The van der Waals surface area contributed by atoms with E-state index in [0.29, 0.717) is 13.0 Å². The van der Waals surface area contributed by atoms with Gasteiger partial charge in [-0.15, -0.1) is 0 Å². The maximum Gasteiger partial charge on any atom is 1.00 e. The van der Waals surface area contributed by atoms with Crippen molar-refractivity contribution in [3.8, 4) is 0 Å². The van der Waals surface area contributed by atoms with E-state index in [1.807, 2.05) is 0 Å². The number of unbranched alkanes of at least 4 members (excludes halogenated alkanes) is 6. The van der Waals surface area contributed by atoms with E-state index < -0.39 is 10.4 Å². The van der Waals surface area contributed by atoms with Crippen LogP contribution in [0.1, 0.15) is 58.3 Å². The predicted octanol–water partition coefficient (Wildman–Crippen LogP) is -5.09. The number of amides is 1. The average Bonchev–Trinajstić information content (AvgIpc) is 2.33. The number of aliphatic hydroxyl groups excluding tert-OH is 1. The van der Waals surface area contributed by atoms with Gasteiger partial charge in [0, 0.05) is 23.4 Å². The van der Waals surface area contributed by atoms with Gasteiger partial charge in [-0.2, -0.15) is 0 Å². The van der Waals surface area contributed by atoms with Gasteiger partial charge in [0.05, 0.1) is 6.61 Å². The molecule has 122 valence electrons. The Bertz CT molecular complexity index is 320. The van der Waals surface area contributed by atoms with Gasteiger partial charge in [0.2, 0.25) is 5.91 Å². The molecule has 10 heteroatoms. The predicted molar refractivity (Wildman–Crippen MR) is 73.2 cm³/mol. The molecule has 0 aromatic rings. The van der Waals surface area contributed by atoms with E-state index in [4.69, 9.17) is 22.6 Å². The molecule has 0 aliphatic rings. The summed E-state index contributed by atoms with van der Waals surface area (Å²) < 4.78 is 34.1. The van der Waals surface area contributed by atoms with Crippen LogP contribution in [0.3, 0.4) is 0 Å². The molecular weight excluding hydrogens is 332 g/mol. The quantitative estimate of drug-likeness (QED) is 0.174. The van der Waals surface area contributed by atoms with Crippen molar-refractivity contribution in [2.45, 2.75) is 58.3 Å². The molecule has 0 aliphatic carbocycles. The van der Waals surface area contributed by atoms with Crippen LogP contribution in [0, 0.1) is 0 Å². The second kappa shape index (κ2) is 22.3. The van der Waals surface area contributed by atoms with Crippen LogP contribution < -0.4 is 64.4 Å². The van der Waals surface area contributed by atoms with Gasteiger partial charge in [-0.1, -0.05) is 45.4 Å². The fourth-order valence-corrected chi connectivity index (χ4v) is 1.53. The molecule has 22 heavy (non-hydrogen) atoms. The zero-order valence-corrected chi connectivity index (χ0v) is 18.8. The van der Waals surface area contributed by atoms with Crippen LogP contribution in [-0.4, -0.2) is 41.7 Å². The van der Waals surface area contributed by atoms with Gasteiger partial charge in [-0.25, -0.2) is 0 Å². The van der Waals surface area contributed by atoms with E-state index in [1.54, 1.807) is 0 Å². The van der Waals surface area contributed by atoms with Crippen LogP contribution >= 0.6 is 0 Å². The van der Waals surface area contributed by atoms with Gasteiger partial charge < -0.3 is 19.5 Å². The molecule has 0 fully saturated rings. The summed E-state index contributed by atoms with van der Waals surface area (Å²) in [5.41, 5.74) is 0. The first-order valence-corrected chi connectivity index (χ1v) is 8.18. The van der Waals surface area contributed by atoms with E-state index in [1.165, 1.54) is 32.1 Å². The summed E-state index contributed by atoms with van der Waals surface area (Å²) in [5.74, 6) is 0.0672. The topological polar surface area (TPSA) is 130 Å². The third-order valence-electron chi connectivity index (χ3n) is 2.44. The molecule has 0 aromatic carbocycles. The summed E-state index contributed by atoms with van der Waals surface area (Å²) in [6.45, 7) is 2.63. The molecule has 0 bridgehead atoms. The van der Waals surface area contributed by atoms with Crippen molar-refractivity contribution in [3.05, 3.63) is 0 Å². The number of rotatable bonds is 10. The summed E-state index contributed by atoms with van der Waals surface area (Å²) in [6, 6.07) is 0. The summed E-state index contributed by atoms with van der Waals surface area (Å²) in [7, 11) is -5.17. The smallest absolute Gasteiger partial charge is 0.759 e. The van der Waals surface area contributed by atoms with Crippen molar-refractivity contribution in [3.63, 3.8) is 0 Å². The maximum atomic E-state index is 11.1. The van der Waals surface area contributed by atoms with Crippen LogP contribution in [0.15, 0.2) is 0 Å². The third kappa shape index (κ3) is 42.9. The van der Waals surface area contributed by atoms with E-state index in [0.717, 1.165) is 12.8 Å². The van der Waals surface area contributed by atoms with Gasteiger partial charge in [-0.05, 0) is 6.42 Å². The SMILES string of the molecule is CCCCCCCCCC(=O)NCCO.O=S(=O)([O-])[O-].[Na+].[Na+]. The first kappa shape index (κ1) is 31.1. The minimum absolute atomic E-state index is 0. The zero-order chi connectivity index (χ0) is 15.9. The van der Waals surface area contributed by atoms with Gasteiger partial charge in [0.25, 0.3) is 0 Å². The minimum Gasteiger partial charge on any atom is -0.759 e. The van der Waals surface area contributed by atoms with E-state index >= 15 is 0 Å². The van der Waals surface area contributed by atoms with Crippen molar-refractivity contribution < 1.29 is 86.5 Å². The average molecular weight is 357 g/mol. The Morgan fingerprint density at radius 3 is 1.82 bits per heavy atom. The van der Waals surface area contributed by atoms with Crippen LogP contribution in [0.2, 0.25) is 0 Å². The molecule has 0 aromatic heterocycles. The Balaban J connectivity index is -0.000000201. The Hall–Kier alpha value is 1.30. The molecule has 7 nitrogen and oxygen atoms in total. The fraction of sp³-hybridized carbons (Fsp3) is 0.917. The first-order chi connectivity index (χ1) is 9.31. The normalized spacial score (nSPS) is 9.64. The molecule has 2 N–H and O–H groups in total. The van der Waals surface area contributed by atoms with Crippen molar-refractivity contribution in [2.75, 3.05) is 13.2 Å². The molecular formula is C12H25NNa2O6S. The minimum atomic E-state index is -5.17. The molecule has 0 radical (unpaired) electrons. The molecule has 0 unspecified atom stereocenters. The first-order valence-electron chi connectivity index (χ1n) is 6.85. The number of carbonyl (C=O) groups excluding carboxylic acids is 1. The van der Waals surface area contributed by atoms with Gasteiger partial charge >= 0.3 is 59.1 Å². The van der Waals surface area contributed by atoms with Gasteiger partial charge in [0.15, 0.2) is 0 Å². The number of hydrogen-bond donors (Lipinski definition) is 2. The van der Waals surface area contributed by atoms with Gasteiger partial charge in [-0.3, -0.25) is 13.2 Å². The number of hydrogen-bond acceptors (Lipinski definition) is 6. The molecule has 0 saturated carbocycles. The molecule has 0 rings (SSSR count). The fourth-order valence-electron chi connectivity index (χ4n) is 1.53. The van der Waals surface area contributed by atoms with Crippen molar-refractivity contribution in [1.82, 2.24) is 5.32 Å². The van der Waals surface area contributed by atoms with Crippen molar-refractivity contribution >= 4 is 16.3 Å². The summed E-state index contributed by atoms with van der Waals surface area (Å²) in [5, 5.41) is 11.1. The summed E-state index contributed by atoms with van der Waals surface area (Å²) in [6.07, 6.45) is 9.21. The maximum absolute atomic E-state index is 11.1. The summed E-state index contributed by atoms with van der Waals surface area (Å²) in [4.78, 5) is 11.1. The molecule has 0 heterocycles. The van der Waals surface area contributed by atoms with Crippen molar-refractivity contribution in [1.29, 1.82) is 0 Å². The van der Waals surface area contributed by atoms with Crippen LogP contribution in [0.25, 0.3) is 0 Å². The Morgan fingerprint density at radius 1 is 1.00 bits per heavy atom. The molecule has 0 aliphatic heterocycles. The Kier molecular flexibility index (Phi) is 31.5. The number of carbonyl (C=O) groups is 1. The monoisotopic (exact) mass is 357 g/mol. The Labute approximate surface area is 178 Å². The van der Waals surface area contributed by atoms with Crippen LogP contribution in [0.5, 0.6) is 0 Å². The largest absolute Gasteiger partial charge is 1.00 e. The van der Waals surface area contributed by atoms with Crippen molar-refractivity contribution in [2.24, 2.45) is 0 Å². The standard InChI is InChI=1S/C12H25NO2.2Na.H2O4S/c1-2-3-4-5-6-7-8-9-12(15)13-10-11-14;;;1-5(2,3)4/h14H,2-11H2,1H3,(H,13,15);;;(H2,1,2,3,4)/q;2*+1;/p-2. The Morgan fingerprint density at radius 2 is 1.41 bits per heavy atom. The second-order valence-electron chi connectivity index (χ2n) is 4.35. The van der Waals surface area contributed by atoms with E-state index in [-0.39, 0.29) is 71.6 Å². The van der Waals surface area contributed by atoms with Crippen LogP contribution in [0.4, 0.5) is 0 Å². The third-order valence-corrected chi connectivity index (χ3v) is 2.44. The van der Waals surface area contributed by atoms with Gasteiger partial charge in [0.1, 0.15) is 0 Å². The van der Waals surface area contributed by atoms with E-state index in [9.17, 15) is 4.79 Å². The second-order valence-corrected chi connectivity index (χ2v) is 5.17. The molecule has 0 saturated heterocycles. The van der Waals surface area contributed by atoms with E-state index in [2.05, 4.69) is 12.2 Å². The molecule has 0 spiro atoms. The molecule has 1 amide bonds.